The molecule has 11 nitrogen and oxygen atoms in total. The van der Waals surface area contributed by atoms with E-state index in [1.54, 1.807) is 13.8 Å². The molecule has 1 aromatic carbocycles. The van der Waals surface area contributed by atoms with Gasteiger partial charge in [-0.25, -0.2) is 0 Å². The van der Waals surface area contributed by atoms with Crippen molar-refractivity contribution in [2.24, 2.45) is 17.4 Å². The first kappa shape index (κ1) is 28.6. The van der Waals surface area contributed by atoms with Gasteiger partial charge in [-0.2, -0.15) is 0 Å². The van der Waals surface area contributed by atoms with Crippen LogP contribution in [0.4, 0.5) is 0 Å². The summed E-state index contributed by atoms with van der Waals surface area (Å²) in [5.41, 5.74) is 11.3. The van der Waals surface area contributed by atoms with Gasteiger partial charge in [-0.3, -0.25) is 24.0 Å². The van der Waals surface area contributed by atoms with Gasteiger partial charge in [0.05, 0.1) is 6.54 Å². The van der Waals surface area contributed by atoms with Crippen molar-refractivity contribution >= 4 is 29.5 Å². The van der Waals surface area contributed by atoms with Crippen LogP contribution in [0.15, 0.2) is 30.3 Å². The molecule has 1 aromatic rings. The van der Waals surface area contributed by atoms with E-state index in [0.29, 0.717) is 6.42 Å². The molecule has 0 bridgehead atoms. The summed E-state index contributed by atoms with van der Waals surface area (Å²) in [5, 5.41) is 10.5. The van der Waals surface area contributed by atoms with E-state index < -0.39 is 41.8 Å². The van der Waals surface area contributed by atoms with Gasteiger partial charge in [0.2, 0.25) is 29.5 Å². The number of nitrogens with two attached hydrogens (primary N) is 2. The topological polar surface area (TPSA) is 186 Å². The fourth-order valence-corrected chi connectivity index (χ4v) is 3.06. The highest BCUT2D eigenvalue weighted by atomic mass is 16.2. The Kier molecular flexibility index (Phi) is 12.3. The maximum absolute atomic E-state index is 13.0. The van der Waals surface area contributed by atoms with Gasteiger partial charge < -0.3 is 32.7 Å². The largest absolute Gasteiger partial charge is 0.368 e. The van der Waals surface area contributed by atoms with E-state index >= 15 is 0 Å². The quantitative estimate of drug-likeness (QED) is 0.181. The highest BCUT2D eigenvalue weighted by Crippen LogP contribution is 2.07. The van der Waals surface area contributed by atoms with Crippen molar-refractivity contribution in [3.8, 4) is 0 Å². The molecule has 0 saturated heterocycles. The van der Waals surface area contributed by atoms with Crippen LogP contribution in [0.3, 0.4) is 0 Å². The van der Waals surface area contributed by atoms with E-state index in [2.05, 4.69) is 21.3 Å². The van der Waals surface area contributed by atoms with Crippen LogP contribution in [0.1, 0.15) is 39.2 Å². The van der Waals surface area contributed by atoms with Gasteiger partial charge in [-0.05, 0) is 24.8 Å². The first-order valence-electron chi connectivity index (χ1n) is 11.2. The second-order valence-electron chi connectivity index (χ2n) is 8.33. The Labute approximate surface area is 199 Å². The lowest BCUT2D eigenvalue weighted by atomic mass is 10.0. The molecule has 0 aliphatic rings. The van der Waals surface area contributed by atoms with Crippen molar-refractivity contribution in [1.29, 1.82) is 0 Å². The number of amides is 5. The van der Waals surface area contributed by atoms with Crippen molar-refractivity contribution in [2.45, 2.75) is 58.2 Å². The van der Waals surface area contributed by atoms with Crippen LogP contribution >= 0.6 is 0 Å². The lowest BCUT2D eigenvalue weighted by Gasteiger charge is -2.25. The van der Waals surface area contributed by atoms with Crippen LogP contribution in [-0.4, -0.2) is 60.8 Å². The van der Waals surface area contributed by atoms with Crippen LogP contribution in [0.25, 0.3) is 0 Å². The predicted octanol–water partition coefficient (Wildman–Crippen LogP) is -1.30. The van der Waals surface area contributed by atoms with E-state index in [1.165, 1.54) is 6.92 Å². The van der Waals surface area contributed by atoms with Crippen molar-refractivity contribution in [2.75, 3.05) is 13.1 Å². The van der Waals surface area contributed by atoms with Gasteiger partial charge in [0.15, 0.2) is 0 Å². The zero-order chi connectivity index (χ0) is 25.7. The minimum Gasteiger partial charge on any atom is -0.368 e. The van der Waals surface area contributed by atoms with Crippen LogP contribution < -0.4 is 32.7 Å². The summed E-state index contributed by atoms with van der Waals surface area (Å²) in [7, 11) is 0. The van der Waals surface area contributed by atoms with E-state index in [1.807, 2.05) is 30.3 Å². The van der Waals surface area contributed by atoms with E-state index in [4.69, 9.17) is 11.5 Å². The van der Waals surface area contributed by atoms with Gasteiger partial charge in [0.25, 0.3) is 0 Å². The van der Waals surface area contributed by atoms with Crippen LogP contribution in [0.5, 0.6) is 0 Å². The highest BCUT2D eigenvalue weighted by Gasteiger charge is 2.28. The molecule has 34 heavy (non-hydrogen) atoms. The van der Waals surface area contributed by atoms with Gasteiger partial charge >= 0.3 is 0 Å². The molecule has 0 saturated carbocycles. The standard InChI is InChI=1S/C23H36N6O5/c1-14(2)20(23(34)26-11-7-10-18(30)27-15(3)21(25)32)29-22(33)17(28-19(31)13-24)12-16-8-5-4-6-9-16/h4-6,8-9,14-15,17,20H,7,10-13,24H2,1-3H3,(H2,25,32)(H,26,34)(H,27,30)(H,28,31)(H,29,33)/t15-,17-,20-/m0/s1. The summed E-state index contributed by atoms with van der Waals surface area (Å²) in [4.78, 5) is 60.3. The molecule has 188 valence electrons. The first-order valence-corrected chi connectivity index (χ1v) is 11.2. The first-order chi connectivity index (χ1) is 16.0. The van der Waals surface area contributed by atoms with Crippen molar-refractivity contribution in [3.63, 3.8) is 0 Å². The highest BCUT2D eigenvalue weighted by molar-refractivity contribution is 5.92. The summed E-state index contributed by atoms with van der Waals surface area (Å²) < 4.78 is 0. The van der Waals surface area contributed by atoms with Crippen molar-refractivity contribution < 1.29 is 24.0 Å². The summed E-state index contributed by atoms with van der Waals surface area (Å²) in [6.45, 7) is 4.99. The minimum atomic E-state index is -0.900. The lowest BCUT2D eigenvalue weighted by molar-refractivity contribution is -0.132. The Morgan fingerprint density at radius 2 is 1.53 bits per heavy atom. The normalized spacial score (nSPS) is 13.3. The second-order valence-corrected chi connectivity index (χ2v) is 8.33. The summed E-state index contributed by atoms with van der Waals surface area (Å²) in [6, 6.07) is 6.66. The monoisotopic (exact) mass is 476 g/mol. The molecular weight excluding hydrogens is 440 g/mol. The van der Waals surface area contributed by atoms with Crippen molar-refractivity contribution in [3.05, 3.63) is 35.9 Å². The third kappa shape index (κ3) is 10.4. The number of carbonyl (C=O) groups excluding carboxylic acids is 5. The number of rotatable bonds is 14. The summed E-state index contributed by atoms with van der Waals surface area (Å²) in [5.74, 6) is -2.60. The smallest absolute Gasteiger partial charge is 0.243 e. The number of hydrogen-bond donors (Lipinski definition) is 6. The molecular formula is C23H36N6O5. The van der Waals surface area contributed by atoms with Crippen LogP contribution in [-0.2, 0) is 30.4 Å². The summed E-state index contributed by atoms with van der Waals surface area (Å²) in [6.07, 6.45) is 0.676. The molecule has 0 radical (unpaired) electrons. The molecule has 1 rings (SSSR count). The number of hydrogen-bond acceptors (Lipinski definition) is 6. The number of benzene rings is 1. The van der Waals surface area contributed by atoms with Crippen molar-refractivity contribution in [1.82, 2.24) is 21.3 Å². The molecule has 5 amide bonds. The maximum Gasteiger partial charge on any atom is 0.243 e. The third-order valence-corrected chi connectivity index (χ3v) is 5.05. The molecule has 0 fully saturated rings. The molecule has 0 heterocycles. The molecule has 0 aromatic heterocycles. The molecule has 0 spiro atoms. The van der Waals surface area contributed by atoms with Crippen LogP contribution in [0.2, 0.25) is 0 Å². The molecule has 0 aliphatic carbocycles. The van der Waals surface area contributed by atoms with E-state index in [0.717, 1.165) is 5.56 Å². The fraction of sp³-hybridized carbons (Fsp3) is 0.522. The maximum atomic E-state index is 13.0. The molecule has 8 N–H and O–H groups in total. The molecule has 0 unspecified atom stereocenters. The number of carbonyl (C=O) groups is 5. The Morgan fingerprint density at radius 3 is 2.09 bits per heavy atom. The van der Waals surface area contributed by atoms with E-state index in [-0.39, 0.29) is 37.8 Å². The van der Waals surface area contributed by atoms with Gasteiger partial charge in [0, 0.05) is 19.4 Å². The number of nitrogens with one attached hydrogen (secondary N) is 4. The Balaban J connectivity index is 2.68. The van der Waals surface area contributed by atoms with Gasteiger partial charge in [-0.15, -0.1) is 0 Å². The average molecular weight is 477 g/mol. The predicted molar refractivity (Wildman–Crippen MR) is 127 cm³/mol. The Hall–Kier alpha value is -3.47. The molecule has 11 heteroatoms. The summed E-state index contributed by atoms with van der Waals surface area (Å²) >= 11 is 0. The minimum absolute atomic E-state index is 0.0981. The molecule has 0 aliphatic heterocycles. The zero-order valence-corrected chi connectivity index (χ0v) is 19.9. The fourth-order valence-electron chi connectivity index (χ4n) is 3.06. The van der Waals surface area contributed by atoms with Crippen LogP contribution in [0, 0.1) is 5.92 Å². The Bertz CT molecular complexity index is 846. The van der Waals surface area contributed by atoms with Gasteiger partial charge in [0.1, 0.15) is 18.1 Å². The number of primary amides is 1. The molecule has 3 atom stereocenters. The Morgan fingerprint density at radius 1 is 0.882 bits per heavy atom. The van der Waals surface area contributed by atoms with Gasteiger partial charge in [-0.1, -0.05) is 44.2 Å². The van der Waals surface area contributed by atoms with E-state index in [9.17, 15) is 24.0 Å². The zero-order valence-electron chi connectivity index (χ0n) is 19.9. The lowest BCUT2D eigenvalue weighted by Crippen LogP contribution is -2.56. The second kappa shape index (κ2) is 14.6. The SMILES string of the molecule is CC(C)[C@H](NC(=O)[C@H](Cc1ccccc1)NC(=O)CN)C(=O)NCCCC(=O)N[C@@H](C)C(N)=O. The third-order valence-electron chi connectivity index (χ3n) is 5.05. The average Bonchev–Trinajstić information content (AvgIpc) is 2.79.